The van der Waals surface area contributed by atoms with Gasteiger partial charge in [-0.15, -0.1) is 11.6 Å². The highest BCUT2D eigenvalue weighted by atomic mass is 35.5. The van der Waals surface area contributed by atoms with Crippen LogP contribution in [0.15, 0.2) is 72.8 Å². The van der Waals surface area contributed by atoms with E-state index in [2.05, 4.69) is 6.92 Å². The summed E-state index contributed by atoms with van der Waals surface area (Å²) in [7, 11) is 0. The predicted molar refractivity (Wildman–Crippen MR) is 175 cm³/mol. The molecule has 0 N–H and O–H groups in total. The van der Waals surface area contributed by atoms with Crippen molar-refractivity contribution in [1.29, 1.82) is 0 Å². The third-order valence-electron chi connectivity index (χ3n) is 7.70. The van der Waals surface area contributed by atoms with Gasteiger partial charge in [0, 0.05) is 0 Å². The van der Waals surface area contributed by atoms with Gasteiger partial charge >= 0.3 is 11.9 Å². The minimum atomic E-state index is -0.676. The first-order valence-corrected chi connectivity index (χ1v) is 16.4. The van der Waals surface area contributed by atoms with Crippen molar-refractivity contribution in [3.63, 3.8) is 0 Å². The molecule has 0 radical (unpaired) electrons. The molecule has 0 amide bonds. The van der Waals surface area contributed by atoms with Crippen LogP contribution in [0.25, 0.3) is 11.1 Å². The quantitative estimate of drug-likeness (QED) is 0.0588. The van der Waals surface area contributed by atoms with Crippen LogP contribution in [0.2, 0.25) is 0 Å². The van der Waals surface area contributed by atoms with Crippen LogP contribution in [0.3, 0.4) is 0 Å². The van der Waals surface area contributed by atoms with Crippen molar-refractivity contribution in [2.45, 2.75) is 96.8 Å². The largest absolute Gasteiger partial charge is 0.494 e. The lowest BCUT2D eigenvalue weighted by molar-refractivity contribution is -0.134. The topological polar surface area (TPSA) is 61.8 Å². The Morgan fingerprint density at radius 3 is 1.60 bits per heavy atom. The van der Waals surface area contributed by atoms with Gasteiger partial charge in [0.1, 0.15) is 22.6 Å². The molecule has 3 aromatic carbocycles. The summed E-state index contributed by atoms with van der Waals surface area (Å²) in [4.78, 5) is 24.9. The van der Waals surface area contributed by atoms with Crippen LogP contribution in [0.5, 0.6) is 17.2 Å². The molecule has 6 heteroatoms. The smallest absolute Gasteiger partial charge is 0.343 e. The summed E-state index contributed by atoms with van der Waals surface area (Å²) in [5, 5.41) is -0.676. The molecule has 2 atom stereocenters. The molecule has 0 saturated carbocycles. The van der Waals surface area contributed by atoms with Crippen LogP contribution < -0.4 is 14.2 Å². The molecular formula is C37H47ClO5. The molecule has 0 bridgehead atoms. The monoisotopic (exact) mass is 606 g/mol. The first-order chi connectivity index (χ1) is 20.9. The van der Waals surface area contributed by atoms with Crippen LogP contribution in [-0.4, -0.2) is 23.9 Å². The molecule has 0 saturated heterocycles. The van der Waals surface area contributed by atoms with Gasteiger partial charge in [-0.1, -0.05) is 109 Å². The number of esters is 2. The zero-order valence-electron chi connectivity index (χ0n) is 26.0. The predicted octanol–water partition coefficient (Wildman–Crippen LogP) is 10.4. The number of rotatable bonds is 19. The first-order valence-electron chi connectivity index (χ1n) is 15.9. The minimum Gasteiger partial charge on any atom is -0.494 e. The lowest BCUT2D eigenvalue weighted by atomic mass is 10.0. The van der Waals surface area contributed by atoms with Gasteiger partial charge in [0.15, 0.2) is 0 Å². The highest BCUT2D eigenvalue weighted by Gasteiger charge is 2.23. The van der Waals surface area contributed by atoms with Crippen molar-refractivity contribution in [3.05, 3.63) is 78.4 Å². The van der Waals surface area contributed by atoms with Crippen LogP contribution in [0, 0.1) is 5.92 Å². The third kappa shape index (κ3) is 12.1. The Bertz CT molecular complexity index is 1220. The molecule has 5 nitrogen and oxygen atoms in total. The second-order valence-corrected chi connectivity index (χ2v) is 11.7. The third-order valence-corrected chi connectivity index (χ3v) is 8.30. The van der Waals surface area contributed by atoms with Gasteiger partial charge in [-0.3, -0.25) is 4.79 Å². The van der Waals surface area contributed by atoms with Crippen molar-refractivity contribution in [1.82, 2.24) is 0 Å². The second kappa shape index (κ2) is 19.1. The van der Waals surface area contributed by atoms with E-state index in [1.165, 1.54) is 57.8 Å². The number of ether oxygens (including phenoxy) is 3. The van der Waals surface area contributed by atoms with Crippen molar-refractivity contribution >= 4 is 23.5 Å². The molecule has 0 aliphatic carbocycles. The molecule has 3 aromatic rings. The summed E-state index contributed by atoms with van der Waals surface area (Å²) in [5.41, 5.74) is 2.35. The average molecular weight is 607 g/mol. The van der Waals surface area contributed by atoms with E-state index in [-0.39, 0.29) is 5.92 Å². The number of carbonyl (C=O) groups excluding carboxylic acids is 2. The van der Waals surface area contributed by atoms with Gasteiger partial charge in [-0.2, -0.15) is 0 Å². The van der Waals surface area contributed by atoms with Gasteiger partial charge in [-0.05, 0) is 72.0 Å². The number of carbonyl (C=O) groups is 2. The standard InChI is InChI=1S/C37H47ClO5/c1-4-6-7-8-9-10-11-12-13-14-27-41-32-21-19-31(20-22-32)36(39)42-33-23-15-29(16-24-33)30-17-25-34(26-18-30)43-37(40)35(38)28(3)5-2/h15-26,28,35H,4-14,27H2,1-3H3. The fourth-order valence-electron chi connectivity index (χ4n) is 4.68. The average Bonchev–Trinajstić information content (AvgIpc) is 3.04. The van der Waals surface area contributed by atoms with Gasteiger partial charge in [0.2, 0.25) is 0 Å². The summed E-state index contributed by atoms with van der Waals surface area (Å²) < 4.78 is 16.8. The Labute approximate surface area is 262 Å². The Morgan fingerprint density at radius 2 is 1.09 bits per heavy atom. The maximum absolute atomic E-state index is 12.7. The normalized spacial score (nSPS) is 12.4. The number of benzene rings is 3. The van der Waals surface area contributed by atoms with Gasteiger partial charge in [0.25, 0.3) is 0 Å². The minimum absolute atomic E-state index is 0.0403. The molecule has 0 aliphatic heterocycles. The Kier molecular flexibility index (Phi) is 15.2. The lowest BCUT2D eigenvalue weighted by Crippen LogP contribution is -2.26. The van der Waals surface area contributed by atoms with E-state index in [1.807, 2.05) is 50.2 Å². The van der Waals surface area contributed by atoms with Crippen LogP contribution >= 0.6 is 11.6 Å². The highest BCUT2D eigenvalue weighted by molar-refractivity contribution is 6.30. The number of hydrogen-bond donors (Lipinski definition) is 0. The van der Waals surface area contributed by atoms with E-state index >= 15 is 0 Å². The number of unbranched alkanes of at least 4 members (excludes halogenated alkanes) is 9. The van der Waals surface area contributed by atoms with Crippen molar-refractivity contribution in [3.8, 4) is 28.4 Å². The van der Waals surface area contributed by atoms with E-state index in [0.717, 1.165) is 29.7 Å². The van der Waals surface area contributed by atoms with E-state index < -0.39 is 17.3 Å². The SMILES string of the molecule is CCCCCCCCCCCCOc1ccc(C(=O)Oc2ccc(-c3ccc(OC(=O)C(Cl)C(C)CC)cc3)cc2)cc1. The van der Waals surface area contributed by atoms with Crippen molar-refractivity contribution in [2.24, 2.45) is 5.92 Å². The summed E-state index contributed by atoms with van der Waals surface area (Å²) in [5.74, 6) is 0.841. The van der Waals surface area contributed by atoms with Gasteiger partial charge < -0.3 is 14.2 Å². The molecule has 43 heavy (non-hydrogen) atoms. The van der Waals surface area contributed by atoms with Crippen LogP contribution in [0.4, 0.5) is 0 Å². The molecule has 0 aromatic heterocycles. The molecule has 0 fully saturated rings. The molecule has 232 valence electrons. The van der Waals surface area contributed by atoms with E-state index in [9.17, 15) is 9.59 Å². The van der Waals surface area contributed by atoms with Crippen LogP contribution in [-0.2, 0) is 4.79 Å². The fraction of sp³-hybridized carbons (Fsp3) is 0.459. The highest BCUT2D eigenvalue weighted by Crippen LogP contribution is 2.26. The van der Waals surface area contributed by atoms with E-state index in [1.54, 1.807) is 36.4 Å². The molecule has 2 unspecified atom stereocenters. The zero-order valence-corrected chi connectivity index (χ0v) is 26.7. The molecule has 0 aliphatic rings. The van der Waals surface area contributed by atoms with Crippen molar-refractivity contribution in [2.75, 3.05) is 6.61 Å². The molecule has 3 rings (SSSR count). The number of alkyl halides is 1. The summed E-state index contributed by atoms with van der Waals surface area (Å²) >= 11 is 6.19. The Hall–Kier alpha value is -3.31. The maximum Gasteiger partial charge on any atom is 0.343 e. The Balaban J connectivity index is 1.38. The lowest BCUT2D eigenvalue weighted by Gasteiger charge is -2.15. The number of halogens is 1. The van der Waals surface area contributed by atoms with Crippen molar-refractivity contribution < 1.29 is 23.8 Å². The maximum atomic E-state index is 12.7. The van der Waals surface area contributed by atoms with E-state index in [4.69, 9.17) is 25.8 Å². The summed E-state index contributed by atoms with van der Waals surface area (Å²) in [6.07, 6.45) is 13.7. The van der Waals surface area contributed by atoms with Gasteiger partial charge in [-0.25, -0.2) is 4.79 Å². The molecule has 0 spiro atoms. The number of hydrogen-bond acceptors (Lipinski definition) is 5. The Morgan fingerprint density at radius 1 is 0.628 bits per heavy atom. The summed E-state index contributed by atoms with van der Waals surface area (Å²) in [6.45, 7) is 6.85. The van der Waals surface area contributed by atoms with Crippen LogP contribution in [0.1, 0.15) is 102 Å². The zero-order chi connectivity index (χ0) is 30.9. The fourth-order valence-corrected chi connectivity index (χ4v) is 4.90. The first kappa shape index (κ1) is 34.2. The van der Waals surface area contributed by atoms with E-state index in [0.29, 0.717) is 23.7 Å². The molecular weight excluding hydrogens is 560 g/mol. The molecule has 0 heterocycles. The second-order valence-electron chi connectivity index (χ2n) is 11.2. The summed E-state index contributed by atoms with van der Waals surface area (Å²) in [6, 6.07) is 21.6. The van der Waals surface area contributed by atoms with Gasteiger partial charge in [0.05, 0.1) is 12.2 Å².